The SMILES string of the molecule is CC(C)c1nnc(N2CCC(Oc3ccncc3Cl)C2)s1. The second-order valence-electron chi connectivity index (χ2n) is 5.36. The minimum Gasteiger partial charge on any atom is -0.487 e. The Morgan fingerprint density at radius 2 is 2.29 bits per heavy atom. The number of nitrogens with zero attached hydrogens (tertiary/aromatic N) is 4. The van der Waals surface area contributed by atoms with E-state index in [0.717, 1.165) is 29.6 Å². The summed E-state index contributed by atoms with van der Waals surface area (Å²) >= 11 is 7.73. The summed E-state index contributed by atoms with van der Waals surface area (Å²) < 4.78 is 5.95. The van der Waals surface area contributed by atoms with E-state index in [1.807, 2.05) is 0 Å². The van der Waals surface area contributed by atoms with Gasteiger partial charge in [-0.1, -0.05) is 36.8 Å². The predicted molar refractivity (Wildman–Crippen MR) is 84.5 cm³/mol. The van der Waals surface area contributed by atoms with Gasteiger partial charge in [-0.3, -0.25) is 4.98 Å². The van der Waals surface area contributed by atoms with Gasteiger partial charge in [-0.25, -0.2) is 0 Å². The molecule has 1 fully saturated rings. The Balaban J connectivity index is 1.64. The van der Waals surface area contributed by atoms with Crippen LogP contribution in [-0.4, -0.2) is 34.4 Å². The topological polar surface area (TPSA) is 51.1 Å². The highest BCUT2D eigenvalue weighted by atomic mass is 35.5. The lowest BCUT2D eigenvalue weighted by molar-refractivity contribution is 0.225. The highest BCUT2D eigenvalue weighted by Crippen LogP contribution is 2.30. The molecule has 0 aromatic carbocycles. The van der Waals surface area contributed by atoms with Crippen LogP contribution in [0.25, 0.3) is 0 Å². The third kappa shape index (κ3) is 3.27. The van der Waals surface area contributed by atoms with Gasteiger partial charge in [-0.05, 0) is 0 Å². The van der Waals surface area contributed by atoms with Gasteiger partial charge in [-0.2, -0.15) is 0 Å². The Morgan fingerprint density at radius 1 is 1.43 bits per heavy atom. The minimum absolute atomic E-state index is 0.122. The van der Waals surface area contributed by atoms with E-state index in [-0.39, 0.29) is 6.10 Å². The average Bonchev–Trinajstić information content (AvgIpc) is 3.10. The van der Waals surface area contributed by atoms with E-state index in [1.54, 1.807) is 29.8 Å². The highest BCUT2D eigenvalue weighted by molar-refractivity contribution is 7.15. The van der Waals surface area contributed by atoms with Crippen molar-refractivity contribution in [2.75, 3.05) is 18.0 Å². The van der Waals surface area contributed by atoms with Gasteiger partial charge in [0.15, 0.2) is 0 Å². The number of ether oxygens (including phenoxy) is 1. The van der Waals surface area contributed by atoms with Crippen molar-refractivity contribution in [3.63, 3.8) is 0 Å². The molecule has 0 spiro atoms. The van der Waals surface area contributed by atoms with Crippen LogP contribution in [0.2, 0.25) is 5.02 Å². The molecule has 112 valence electrons. The summed E-state index contributed by atoms with van der Waals surface area (Å²) in [7, 11) is 0. The first-order chi connectivity index (χ1) is 10.1. The molecule has 1 unspecified atom stereocenters. The van der Waals surface area contributed by atoms with E-state index >= 15 is 0 Å². The molecule has 1 aliphatic rings. The fourth-order valence-electron chi connectivity index (χ4n) is 2.22. The largest absolute Gasteiger partial charge is 0.487 e. The number of pyridine rings is 1. The minimum atomic E-state index is 0.122. The summed E-state index contributed by atoms with van der Waals surface area (Å²) in [4.78, 5) is 6.19. The molecule has 3 heterocycles. The maximum absolute atomic E-state index is 6.07. The van der Waals surface area contributed by atoms with E-state index in [2.05, 4.69) is 33.9 Å². The molecule has 0 amide bonds. The molecule has 1 saturated heterocycles. The molecule has 3 rings (SSSR count). The first kappa shape index (κ1) is 14.5. The van der Waals surface area contributed by atoms with Gasteiger partial charge in [0.25, 0.3) is 0 Å². The molecular weight excluding hydrogens is 308 g/mol. The van der Waals surface area contributed by atoms with Crippen LogP contribution in [-0.2, 0) is 0 Å². The number of hydrogen-bond donors (Lipinski definition) is 0. The van der Waals surface area contributed by atoms with Crippen LogP contribution in [0.15, 0.2) is 18.5 Å². The van der Waals surface area contributed by atoms with E-state index in [4.69, 9.17) is 16.3 Å². The summed E-state index contributed by atoms with van der Waals surface area (Å²) in [5.74, 6) is 1.11. The number of halogens is 1. The van der Waals surface area contributed by atoms with E-state index in [0.29, 0.717) is 16.7 Å². The van der Waals surface area contributed by atoms with E-state index < -0.39 is 0 Å². The number of anilines is 1. The lowest BCUT2D eigenvalue weighted by Gasteiger charge is -2.16. The van der Waals surface area contributed by atoms with Gasteiger partial charge in [0.05, 0.1) is 6.54 Å². The summed E-state index contributed by atoms with van der Waals surface area (Å²) in [6.07, 6.45) is 4.36. The monoisotopic (exact) mass is 324 g/mol. The van der Waals surface area contributed by atoms with Crippen LogP contribution in [0, 0.1) is 0 Å². The lowest BCUT2D eigenvalue weighted by atomic mass is 10.2. The molecule has 0 saturated carbocycles. The zero-order chi connectivity index (χ0) is 14.8. The van der Waals surface area contributed by atoms with Crippen molar-refractivity contribution in [3.8, 4) is 5.75 Å². The predicted octanol–water partition coefficient (Wildman–Crippen LogP) is 3.37. The smallest absolute Gasteiger partial charge is 0.208 e. The van der Waals surface area contributed by atoms with Crippen molar-refractivity contribution in [2.24, 2.45) is 0 Å². The molecule has 2 aromatic rings. The molecule has 21 heavy (non-hydrogen) atoms. The maximum atomic E-state index is 6.07. The van der Waals surface area contributed by atoms with Gasteiger partial charge in [0.2, 0.25) is 5.13 Å². The Bertz CT molecular complexity index is 619. The maximum Gasteiger partial charge on any atom is 0.208 e. The Labute approximate surface area is 132 Å². The Kier molecular flexibility index (Phi) is 4.26. The summed E-state index contributed by atoms with van der Waals surface area (Å²) in [5, 5.41) is 11.1. The van der Waals surface area contributed by atoms with Gasteiger partial charge in [-0.15, -0.1) is 10.2 Å². The van der Waals surface area contributed by atoms with E-state index in [1.165, 1.54) is 0 Å². The fourth-order valence-corrected chi connectivity index (χ4v) is 3.27. The van der Waals surface area contributed by atoms with Gasteiger partial charge in [0, 0.05) is 37.3 Å². The molecule has 1 aliphatic heterocycles. The third-order valence-corrected chi connectivity index (χ3v) is 4.94. The second kappa shape index (κ2) is 6.15. The second-order valence-corrected chi connectivity index (χ2v) is 6.75. The molecule has 0 bridgehead atoms. The average molecular weight is 325 g/mol. The van der Waals surface area contributed by atoms with Crippen molar-refractivity contribution in [3.05, 3.63) is 28.5 Å². The first-order valence-electron chi connectivity index (χ1n) is 6.98. The number of aromatic nitrogens is 3. The molecule has 0 radical (unpaired) electrons. The Morgan fingerprint density at radius 3 is 3.00 bits per heavy atom. The van der Waals surface area contributed by atoms with Gasteiger partial charge < -0.3 is 9.64 Å². The number of rotatable bonds is 4. The Hall–Kier alpha value is -1.40. The van der Waals surface area contributed by atoms with Crippen LogP contribution >= 0.6 is 22.9 Å². The molecule has 1 atom stereocenters. The van der Waals surface area contributed by atoms with Crippen LogP contribution in [0.1, 0.15) is 31.2 Å². The van der Waals surface area contributed by atoms with Gasteiger partial charge in [0.1, 0.15) is 21.9 Å². The van der Waals surface area contributed by atoms with Crippen molar-refractivity contribution >= 4 is 28.1 Å². The molecule has 0 N–H and O–H groups in total. The van der Waals surface area contributed by atoms with Crippen LogP contribution in [0.3, 0.4) is 0 Å². The zero-order valence-corrected chi connectivity index (χ0v) is 13.6. The van der Waals surface area contributed by atoms with Crippen LogP contribution in [0.5, 0.6) is 5.75 Å². The number of hydrogen-bond acceptors (Lipinski definition) is 6. The summed E-state index contributed by atoms with van der Waals surface area (Å²) in [5.41, 5.74) is 0. The summed E-state index contributed by atoms with van der Waals surface area (Å²) in [6, 6.07) is 1.80. The molecule has 5 nitrogen and oxygen atoms in total. The lowest BCUT2D eigenvalue weighted by Crippen LogP contribution is -2.24. The van der Waals surface area contributed by atoms with Crippen molar-refractivity contribution < 1.29 is 4.74 Å². The molecule has 0 aliphatic carbocycles. The highest BCUT2D eigenvalue weighted by Gasteiger charge is 2.27. The van der Waals surface area contributed by atoms with Gasteiger partial charge >= 0.3 is 0 Å². The first-order valence-corrected chi connectivity index (χ1v) is 8.17. The van der Waals surface area contributed by atoms with Crippen LogP contribution < -0.4 is 9.64 Å². The molecule has 2 aromatic heterocycles. The molecule has 7 heteroatoms. The van der Waals surface area contributed by atoms with Crippen molar-refractivity contribution in [2.45, 2.75) is 32.3 Å². The fraction of sp³-hybridized carbons (Fsp3) is 0.500. The zero-order valence-electron chi connectivity index (χ0n) is 12.0. The normalized spacial score (nSPS) is 18.5. The third-order valence-electron chi connectivity index (χ3n) is 3.37. The van der Waals surface area contributed by atoms with E-state index in [9.17, 15) is 0 Å². The quantitative estimate of drug-likeness (QED) is 0.863. The summed E-state index contributed by atoms with van der Waals surface area (Å²) in [6.45, 7) is 6.00. The molecular formula is C14H17ClN4OS. The van der Waals surface area contributed by atoms with Crippen LogP contribution in [0.4, 0.5) is 5.13 Å². The van der Waals surface area contributed by atoms with Crippen molar-refractivity contribution in [1.82, 2.24) is 15.2 Å². The standard InChI is InChI=1S/C14H17ClN4OS/c1-9(2)13-17-18-14(21-13)19-6-4-10(8-19)20-12-3-5-16-7-11(12)15/h3,5,7,9-10H,4,6,8H2,1-2H3. The van der Waals surface area contributed by atoms with Crippen molar-refractivity contribution in [1.29, 1.82) is 0 Å².